The second kappa shape index (κ2) is 5.91. The quantitative estimate of drug-likeness (QED) is 0.907. The fraction of sp³-hybridized carbons (Fsp3) is 0.429. The van der Waals surface area contributed by atoms with Gasteiger partial charge in [0.15, 0.2) is 5.82 Å². The van der Waals surface area contributed by atoms with Crippen LogP contribution in [0.15, 0.2) is 18.2 Å². The van der Waals surface area contributed by atoms with Crippen LogP contribution in [0.4, 0.5) is 5.95 Å². The predicted octanol–water partition coefficient (Wildman–Crippen LogP) is 1.93. The predicted molar refractivity (Wildman–Crippen MR) is 83.1 cm³/mol. The summed E-state index contributed by atoms with van der Waals surface area (Å²) in [4.78, 5) is 6.75. The molecule has 1 aromatic carbocycles. The maximum atomic E-state index is 6.06. The number of hydrogen-bond acceptors (Lipinski definition) is 5. The highest BCUT2D eigenvalue weighted by molar-refractivity contribution is 6.30. The highest BCUT2D eigenvalue weighted by atomic mass is 35.5. The van der Waals surface area contributed by atoms with Gasteiger partial charge in [0.05, 0.1) is 12.7 Å². The summed E-state index contributed by atoms with van der Waals surface area (Å²) in [5.74, 6) is 2.09. The first kappa shape index (κ1) is 14.2. The minimum atomic E-state index is 0.432. The summed E-state index contributed by atoms with van der Waals surface area (Å²) < 4.78 is 5.36. The van der Waals surface area contributed by atoms with Crippen LogP contribution in [0.5, 0.6) is 5.75 Å². The van der Waals surface area contributed by atoms with E-state index in [4.69, 9.17) is 16.3 Å². The first-order valence-corrected chi connectivity index (χ1v) is 7.30. The molecular weight excluding hydrogens is 290 g/mol. The van der Waals surface area contributed by atoms with E-state index in [0.717, 1.165) is 30.9 Å². The van der Waals surface area contributed by atoms with Crippen molar-refractivity contribution >= 4 is 17.5 Å². The van der Waals surface area contributed by atoms with Crippen LogP contribution < -0.4 is 15.0 Å². The van der Waals surface area contributed by atoms with E-state index >= 15 is 0 Å². The van der Waals surface area contributed by atoms with Crippen molar-refractivity contribution in [2.75, 3.05) is 31.6 Å². The smallest absolute Gasteiger partial charge is 0.245 e. The van der Waals surface area contributed by atoms with Crippen LogP contribution >= 0.6 is 11.6 Å². The van der Waals surface area contributed by atoms with Crippen molar-refractivity contribution in [2.45, 2.75) is 13.0 Å². The maximum absolute atomic E-state index is 6.06. The minimum absolute atomic E-state index is 0.432. The number of rotatable bonds is 3. The van der Waals surface area contributed by atoms with Crippen molar-refractivity contribution in [1.29, 1.82) is 0 Å². The molecule has 3 rings (SSSR count). The van der Waals surface area contributed by atoms with Crippen molar-refractivity contribution in [2.24, 2.45) is 0 Å². The van der Waals surface area contributed by atoms with Gasteiger partial charge in [0.2, 0.25) is 5.95 Å². The Morgan fingerprint density at radius 3 is 3.05 bits per heavy atom. The molecule has 0 saturated carbocycles. The molecule has 1 aromatic heterocycles. The Morgan fingerprint density at radius 2 is 2.29 bits per heavy atom. The molecule has 2 N–H and O–H groups in total. The van der Waals surface area contributed by atoms with E-state index in [1.165, 1.54) is 0 Å². The second-order valence-corrected chi connectivity index (χ2v) is 5.57. The van der Waals surface area contributed by atoms with Crippen molar-refractivity contribution in [3.05, 3.63) is 23.2 Å². The molecule has 0 amide bonds. The van der Waals surface area contributed by atoms with Gasteiger partial charge in [-0.1, -0.05) is 11.6 Å². The summed E-state index contributed by atoms with van der Waals surface area (Å²) in [6.45, 7) is 4.88. The molecule has 1 atom stereocenters. The van der Waals surface area contributed by atoms with Crippen molar-refractivity contribution in [3.8, 4) is 17.1 Å². The lowest BCUT2D eigenvalue weighted by molar-refractivity contribution is 0.416. The SMILES string of the molecule is COc1ccc(Cl)cc1-c1nc(N2CCNC(C)C2)n[nH]1. The van der Waals surface area contributed by atoms with Gasteiger partial charge in [-0.2, -0.15) is 4.98 Å². The molecule has 0 bridgehead atoms. The number of anilines is 1. The highest BCUT2D eigenvalue weighted by Crippen LogP contribution is 2.31. The molecule has 112 valence electrons. The fourth-order valence-electron chi connectivity index (χ4n) is 2.49. The average molecular weight is 308 g/mol. The fourth-order valence-corrected chi connectivity index (χ4v) is 2.67. The number of ether oxygens (including phenoxy) is 1. The normalized spacial score (nSPS) is 18.8. The monoisotopic (exact) mass is 307 g/mol. The number of aromatic amines is 1. The van der Waals surface area contributed by atoms with Gasteiger partial charge in [0.25, 0.3) is 0 Å². The number of nitrogens with one attached hydrogen (secondary N) is 2. The van der Waals surface area contributed by atoms with Gasteiger partial charge >= 0.3 is 0 Å². The number of piperazine rings is 1. The van der Waals surface area contributed by atoms with Gasteiger partial charge < -0.3 is 15.0 Å². The Kier molecular flexibility index (Phi) is 3.98. The first-order valence-electron chi connectivity index (χ1n) is 6.92. The molecule has 1 fully saturated rings. The van der Waals surface area contributed by atoms with Gasteiger partial charge in [-0.3, -0.25) is 5.10 Å². The van der Waals surface area contributed by atoms with E-state index in [2.05, 4.69) is 32.3 Å². The zero-order chi connectivity index (χ0) is 14.8. The third-order valence-corrected chi connectivity index (χ3v) is 3.78. The molecule has 21 heavy (non-hydrogen) atoms. The molecule has 0 spiro atoms. The largest absolute Gasteiger partial charge is 0.496 e. The topological polar surface area (TPSA) is 66.1 Å². The first-order chi connectivity index (χ1) is 10.2. The van der Waals surface area contributed by atoms with E-state index < -0.39 is 0 Å². The molecule has 2 aromatic rings. The number of halogens is 1. The van der Waals surface area contributed by atoms with E-state index in [-0.39, 0.29) is 0 Å². The third kappa shape index (κ3) is 2.96. The minimum Gasteiger partial charge on any atom is -0.496 e. The lowest BCUT2D eigenvalue weighted by Crippen LogP contribution is -2.49. The lowest BCUT2D eigenvalue weighted by atomic mass is 10.2. The van der Waals surface area contributed by atoms with Crippen molar-refractivity contribution in [1.82, 2.24) is 20.5 Å². The highest BCUT2D eigenvalue weighted by Gasteiger charge is 2.20. The van der Waals surface area contributed by atoms with Crippen LogP contribution in [0, 0.1) is 0 Å². The van der Waals surface area contributed by atoms with Crippen molar-refractivity contribution < 1.29 is 4.74 Å². The third-order valence-electron chi connectivity index (χ3n) is 3.54. The Morgan fingerprint density at radius 1 is 1.43 bits per heavy atom. The molecule has 1 saturated heterocycles. The Labute approximate surface area is 128 Å². The van der Waals surface area contributed by atoms with Crippen LogP contribution in [-0.4, -0.2) is 48.0 Å². The van der Waals surface area contributed by atoms with Gasteiger partial charge in [-0.25, -0.2) is 0 Å². The standard InChI is InChI=1S/C14H18ClN5O/c1-9-8-20(6-5-16-9)14-17-13(18-19-14)11-7-10(15)3-4-12(11)21-2/h3-4,7,9,16H,5-6,8H2,1-2H3,(H,17,18,19). The number of benzene rings is 1. The summed E-state index contributed by atoms with van der Waals surface area (Å²) >= 11 is 6.06. The molecule has 0 aliphatic carbocycles. The molecule has 6 nitrogen and oxygen atoms in total. The van der Waals surface area contributed by atoms with Gasteiger partial charge in [0.1, 0.15) is 5.75 Å². The van der Waals surface area contributed by atoms with Gasteiger partial charge in [-0.15, -0.1) is 5.10 Å². The summed E-state index contributed by atoms with van der Waals surface area (Å²) in [6, 6.07) is 5.87. The number of nitrogens with zero attached hydrogens (tertiary/aromatic N) is 3. The Bertz CT molecular complexity index is 630. The summed E-state index contributed by atoms with van der Waals surface area (Å²) in [5, 5.41) is 11.3. The zero-order valence-corrected chi connectivity index (χ0v) is 12.8. The van der Waals surface area contributed by atoms with Crippen LogP contribution in [0.25, 0.3) is 11.4 Å². The summed E-state index contributed by atoms with van der Waals surface area (Å²) in [6.07, 6.45) is 0. The molecular formula is C14H18ClN5O. The Hall–Kier alpha value is -1.79. The summed E-state index contributed by atoms with van der Waals surface area (Å²) in [7, 11) is 1.63. The van der Waals surface area contributed by atoms with E-state index in [9.17, 15) is 0 Å². The second-order valence-electron chi connectivity index (χ2n) is 5.13. The number of methoxy groups -OCH3 is 1. The Balaban J connectivity index is 1.89. The number of aromatic nitrogens is 3. The number of H-pyrrole nitrogens is 1. The number of hydrogen-bond donors (Lipinski definition) is 2. The average Bonchev–Trinajstić information content (AvgIpc) is 2.97. The molecule has 1 unspecified atom stereocenters. The maximum Gasteiger partial charge on any atom is 0.245 e. The lowest BCUT2D eigenvalue weighted by Gasteiger charge is -2.30. The summed E-state index contributed by atoms with van der Waals surface area (Å²) in [5.41, 5.74) is 0.812. The van der Waals surface area contributed by atoms with Gasteiger partial charge in [-0.05, 0) is 25.1 Å². The molecule has 2 heterocycles. The molecule has 7 heteroatoms. The molecule has 0 radical (unpaired) electrons. The van der Waals surface area contributed by atoms with Gasteiger partial charge in [0, 0.05) is 30.7 Å². The van der Waals surface area contributed by atoms with Crippen LogP contribution in [0.1, 0.15) is 6.92 Å². The van der Waals surface area contributed by atoms with Crippen LogP contribution in [0.2, 0.25) is 5.02 Å². The zero-order valence-electron chi connectivity index (χ0n) is 12.1. The molecule has 1 aliphatic heterocycles. The molecule has 1 aliphatic rings. The van der Waals surface area contributed by atoms with Crippen LogP contribution in [0.3, 0.4) is 0 Å². The van der Waals surface area contributed by atoms with Crippen molar-refractivity contribution in [3.63, 3.8) is 0 Å². The van der Waals surface area contributed by atoms with E-state index in [1.807, 2.05) is 12.1 Å². The van der Waals surface area contributed by atoms with E-state index in [1.54, 1.807) is 13.2 Å². The van der Waals surface area contributed by atoms with E-state index in [0.29, 0.717) is 22.8 Å². The van der Waals surface area contributed by atoms with Crippen LogP contribution in [-0.2, 0) is 0 Å².